The SMILES string of the molecule is Cc1cccc(C(O)C2CC(C)(C)OC2(C)C)c1I. The van der Waals surface area contributed by atoms with Gasteiger partial charge in [-0.15, -0.1) is 0 Å². The van der Waals surface area contributed by atoms with Gasteiger partial charge in [-0.2, -0.15) is 0 Å². The lowest BCUT2D eigenvalue weighted by Gasteiger charge is -2.31. The highest BCUT2D eigenvalue weighted by Crippen LogP contribution is 2.48. The monoisotopic (exact) mass is 374 g/mol. The summed E-state index contributed by atoms with van der Waals surface area (Å²) in [5.74, 6) is 0.123. The standard InChI is InChI=1S/C16H23IO2/c1-10-7-6-8-11(13(10)17)14(18)12-9-15(2,3)19-16(12,4)5/h6-8,12,14,18H,9H2,1-5H3. The molecule has 1 aromatic rings. The van der Waals surface area contributed by atoms with E-state index >= 15 is 0 Å². The van der Waals surface area contributed by atoms with Gasteiger partial charge in [-0.3, -0.25) is 0 Å². The van der Waals surface area contributed by atoms with Crippen LogP contribution in [0.2, 0.25) is 0 Å². The summed E-state index contributed by atoms with van der Waals surface area (Å²) in [6.45, 7) is 10.4. The summed E-state index contributed by atoms with van der Waals surface area (Å²) in [5, 5.41) is 10.8. The summed E-state index contributed by atoms with van der Waals surface area (Å²) >= 11 is 2.33. The van der Waals surface area contributed by atoms with Gasteiger partial charge in [-0.1, -0.05) is 18.2 Å². The summed E-state index contributed by atoms with van der Waals surface area (Å²) in [5.41, 5.74) is 1.79. The minimum atomic E-state index is -0.469. The molecule has 0 aromatic heterocycles. The molecule has 0 radical (unpaired) electrons. The lowest BCUT2D eigenvalue weighted by atomic mass is 9.80. The molecule has 0 amide bonds. The maximum Gasteiger partial charge on any atom is 0.0856 e. The first-order chi connectivity index (χ1) is 8.64. The minimum absolute atomic E-state index is 0.123. The van der Waals surface area contributed by atoms with E-state index in [9.17, 15) is 5.11 Å². The first-order valence-corrected chi connectivity index (χ1v) is 7.85. The number of hydrogen-bond donors (Lipinski definition) is 1. The van der Waals surface area contributed by atoms with Crippen LogP contribution in [0.15, 0.2) is 18.2 Å². The van der Waals surface area contributed by atoms with Gasteiger partial charge < -0.3 is 9.84 Å². The molecule has 1 aliphatic rings. The van der Waals surface area contributed by atoms with Crippen molar-refractivity contribution < 1.29 is 9.84 Å². The van der Waals surface area contributed by atoms with Gasteiger partial charge in [-0.25, -0.2) is 0 Å². The molecule has 1 aliphatic heterocycles. The molecule has 1 aromatic carbocycles. The molecule has 0 saturated carbocycles. The Morgan fingerprint density at radius 2 is 1.95 bits per heavy atom. The summed E-state index contributed by atoms with van der Waals surface area (Å²) in [6.07, 6.45) is 0.411. The molecule has 0 spiro atoms. The Morgan fingerprint density at radius 3 is 2.47 bits per heavy atom. The average Bonchev–Trinajstić information content (AvgIpc) is 2.50. The number of aliphatic hydroxyl groups excluding tert-OH is 1. The van der Waals surface area contributed by atoms with Crippen molar-refractivity contribution in [3.05, 3.63) is 32.9 Å². The fraction of sp³-hybridized carbons (Fsp3) is 0.625. The van der Waals surface area contributed by atoms with Gasteiger partial charge in [-0.05, 0) is 74.8 Å². The Bertz CT molecular complexity index is 480. The molecule has 2 nitrogen and oxygen atoms in total. The van der Waals surface area contributed by atoms with Crippen LogP contribution in [-0.4, -0.2) is 16.3 Å². The molecule has 2 rings (SSSR count). The van der Waals surface area contributed by atoms with Crippen LogP contribution in [0.25, 0.3) is 0 Å². The molecule has 106 valence electrons. The molecule has 3 heteroatoms. The highest BCUT2D eigenvalue weighted by Gasteiger charge is 2.49. The molecular formula is C16H23IO2. The zero-order valence-corrected chi connectivity index (χ0v) is 14.5. The number of halogens is 1. The number of benzene rings is 1. The number of aliphatic hydroxyl groups is 1. The third-order valence-electron chi connectivity index (χ3n) is 4.07. The van der Waals surface area contributed by atoms with Crippen LogP contribution >= 0.6 is 22.6 Å². The predicted molar refractivity (Wildman–Crippen MR) is 86.2 cm³/mol. The molecule has 2 unspecified atom stereocenters. The molecule has 2 atom stereocenters. The number of rotatable bonds is 2. The van der Waals surface area contributed by atoms with Crippen molar-refractivity contribution in [2.75, 3.05) is 0 Å². The summed E-state index contributed by atoms with van der Waals surface area (Å²) < 4.78 is 7.26. The third kappa shape index (κ3) is 2.98. The van der Waals surface area contributed by atoms with Crippen LogP contribution in [0, 0.1) is 16.4 Å². The molecule has 19 heavy (non-hydrogen) atoms. The molecule has 1 fully saturated rings. The van der Waals surface area contributed by atoms with Gasteiger partial charge >= 0.3 is 0 Å². The molecule has 1 heterocycles. The van der Waals surface area contributed by atoms with Crippen molar-refractivity contribution >= 4 is 22.6 Å². The van der Waals surface area contributed by atoms with E-state index in [1.54, 1.807) is 0 Å². The van der Waals surface area contributed by atoms with Gasteiger partial charge in [0, 0.05) is 9.49 Å². The molecular weight excluding hydrogens is 351 g/mol. The van der Waals surface area contributed by atoms with E-state index in [0.29, 0.717) is 0 Å². The number of ether oxygens (including phenoxy) is 1. The Hall–Kier alpha value is -0.130. The van der Waals surface area contributed by atoms with Crippen LogP contribution in [0.3, 0.4) is 0 Å². The second kappa shape index (κ2) is 5.01. The summed E-state index contributed by atoms with van der Waals surface area (Å²) in [4.78, 5) is 0. The second-order valence-electron chi connectivity index (χ2n) is 6.70. The molecule has 1 N–H and O–H groups in total. The van der Waals surface area contributed by atoms with E-state index < -0.39 is 6.10 Å². The Kier molecular flexibility index (Phi) is 4.02. The van der Waals surface area contributed by atoms with Crippen molar-refractivity contribution in [3.8, 4) is 0 Å². The van der Waals surface area contributed by atoms with E-state index in [-0.39, 0.29) is 17.1 Å². The van der Waals surface area contributed by atoms with Crippen molar-refractivity contribution in [3.63, 3.8) is 0 Å². The minimum Gasteiger partial charge on any atom is -0.388 e. The van der Waals surface area contributed by atoms with Crippen molar-refractivity contribution in [2.24, 2.45) is 5.92 Å². The molecule has 0 bridgehead atoms. The quantitative estimate of drug-likeness (QED) is 0.786. The average molecular weight is 374 g/mol. The topological polar surface area (TPSA) is 29.5 Å². The van der Waals surface area contributed by atoms with E-state index in [1.165, 1.54) is 5.56 Å². The second-order valence-corrected chi connectivity index (χ2v) is 7.78. The summed E-state index contributed by atoms with van der Waals surface area (Å²) in [6, 6.07) is 6.13. The van der Waals surface area contributed by atoms with Gasteiger partial charge in [0.05, 0.1) is 17.3 Å². The van der Waals surface area contributed by atoms with E-state index in [2.05, 4.69) is 63.3 Å². The first-order valence-electron chi connectivity index (χ1n) is 6.77. The van der Waals surface area contributed by atoms with Gasteiger partial charge in [0.1, 0.15) is 0 Å². The van der Waals surface area contributed by atoms with E-state index in [4.69, 9.17) is 4.74 Å². The maximum absolute atomic E-state index is 10.8. The normalized spacial score (nSPS) is 26.4. The fourth-order valence-electron chi connectivity index (χ4n) is 3.21. The predicted octanol–water partition coefficient (Wildman–Crippen LogP) is 4.23. The highest BCUT2D eigenvalue weighted by molar-refractivity contribution is 14.1. The molecule has 0 aliphatic carbocycles. The zero-order valence-electron chi connectivity index (χ0n) is 12.3. The first kappa shape index (κ1) is 15.3. The Labute approximate surface area is 129 Å². The van der Waals surface area contributed by atoms with Crippen LogP contribution in [0.5, 0.6) is 0 Å². The van der Waals surface area contributed by atoms with Crippen molar-refractivity contribution in [2.45, 2.75) is 58.3 Å². The Balaban J connectivity index is 2.34. The van der Waals surface area contributed by atoms with E-state index in [1.807, 2.05) is 12.1 Å². The van der Waals surface area contributed by atoms with Gasteiger partial charge in [0.25, 0.3) is 0 Å². The van der Waals surface area contributed by atoms with Gasteiger partial charge in [0.2, 0.25) is 0 Å². The fourth-order valence-corrected chi connectivity index (χ4v) is 3.89. The van der Waals surface area contributed by atoms with Crippen molar-refractivity contribution in [1.29, 1.82) is 0 Å². The Morgan fingerprint density at radius 1 is 1.32 bits per heavy atom. The van der Waals surface area contributed by atoms with E-state index in [0.717, 1.165) is 15.6 Å². The zero-order chi connectivity index (χ0) is 14.4. The lowest BCUT2D eigenvalue weighted by molar-refractivity contribution is -0.0881. The van der Waals surface area contributed by atoms with Crippen LogP contribution in [-0.2, 0) is 4.74 Å². The number of aryl methyl sites for hydroxylation is 1. The van der Waals surface area contributed by atoms with Crippen LogP contribution < -0.4 is 0 Å². The third-order valence-corrected chi connectivity index (χ3v) is 5.54. The van der Waals surface area contributed by atoms with Crippen LogP contribution in [0.1, 0.15) is 51.3 Å². The summed E-state index contributed by atoms with van der Waals surface area (Å²) in [7, 11) is 0. The molecule has 1 saturated heterocycles. The maximum atomic E-state index is 10.8. The van der Waals surface area contributed by atoms with Crippen LogP contribution in [0.4, 0.5) is 0 Å². The largest absolute Gasteiger partial charge is 0.388 e. The smallest absolute Gasteiger partial charge is 0.0856 e. The highest BCUT2D eigenvalue weighted by atomic mass is 127. The lowest BCUT2D eigenvalue weighted by Crippen LogP contribution is -2.33. The number of hydrogen-bond acceptors (Lipinski definition) is 2. The van der Waals surface area contributed by atoms with Crippen molar-refractivity contribution in [1.82, 2.24) is 0 Å². The van der Waals surface area contributed by atoms with Gasteiger partial charge in [0.15, 0.2) is 0 Å².